The van der Waals surface area contributed by atoms with Gasteiger partial charge in [0, 0.05) is 45.6 Å². The van der Waals surface area contributed by atoms with Gasteiger partial charge in [0.2, 0.25) is 5.91 Å². The predicted octanol–water partition coefficient (Wildman–Crippen LogP) is 4.71. The number of amides is 3. The van der Waals surface area contributed by atoms with Crippen molar-refractivity contribution in [3.63, 3.8) is 0 Å². The Morgan fingerprint density at radius 2 is 1.61 bits per heavy atom. The summed E-state index contributed by atoms with van der Waals surface area (Å²) < 4.78 is 7.52. The van der Waals surface area contributed by atoms with E-state index in [1.54, 1.807) is 26.1 Å². The monoisotopic (exact) mass is 490 g/mol. The third kappa shape index (κ3) is 7.63. The number of urea groups is 1. The zero-order valence-electron chi connectivity index (χ0n) is 22.1. The number of nitrogens with zero attached hydrogens (tertiary/aromatic N) is 4. The van der Waals surface area contributed by atoms with Gasteiger partial charge < -0.3 is 24.0 Å². The minimum absolute atomic E-state index is 0.0403. The smallest absolute Gasteiger partial charge is 0.319 e. The van der Waals surface area contributed by atoms with E-state index in [0.29, 0.717) is 26.2 Å². The third-order valence-electron chi connectivity index (χ3n) is 5.90. The molecule has 0 saturated carbocycles. The molecule has 0 unspecified atom stereocenters. The lowest BCUT2D eigenvalue weighted by Crippen LogP contribution is -2.47. The number of aromatic nitrogens is 1. The van der Waals surface area contributed by atoms with Gasteiger partial charge in [-0.25, -0.2) is 4.79 Å². The Labute approximate surface area is 214 Å². The predicted molar refractivity (Wildman–Crippen MR) is 143 cm³/mol. The molecule has 1 heterocycles. The van der Waals surface area contributed by atoms with Gasteiger partial charge in [-0.3, -0.25) is 4.79 Å². The Morgan fingerprint density at radius 1 is 0.889 bits per heavy atom. The van der Waals surface area contributed by atoms with Gasteiger partial charge in [-0.1, -0.05) is 56.3 Å². The van der Waals surface area contributed by atoms with Crippen LogP contribution >= 0.6 is 0 Å². The molecule has 0 saturated heterocycles. The molecule has 0 fully saturated rings. The lowest BCUT2D eigenvalue weighted by atomic mass is 10.2. The molecule has 0 spiro atoms. The second-order valence-corrected chi connectivity index (χ2v) is 9.67. The first kappa shape index (κ1) is 26.9. The van der Waals surface area contributed by atoms with Gasteiger partial charge in [-0.15, -0.1) is 0 Å². The summed E-state index contributed by atoms with van der Waals surface area (Å²) in [4.78, 5) is 31.4. The zero-order chi connectivity index (χ0) is 26.1. The first-order chi connectivity index (χ1) is 17.3. The summed E-state index contributed by atoms with van der Waals surface area (Å²) in [5.41, 5.74) is 3.19. The van der Waals surface area contributed by atoms with E-state index in [1.807, 2.05) is 85.6 Å². The molecule has 0 atom stereocenters. The van der Waals surface area contributed by atoms with Crippen molar-refractivity contribution in [2.24, 2.45) is 5.92 Å². The van der Waals surface area contributed by atoms with Crippen LogP contribution in [0.5, 0.6) is 5.75 Å². The molecule has 3 rings (SSSR count). The van der Waals surface area contributed by atoms with E-state index in [0.717, 1.165) is 22.6 Å². The average Bonchev–Trinajstić information content (AvgIpc) is 3.29. The van der Waals surface area contributed by atoms with Crippen molar-refractivity contribution in [1.82, 2.24) is 19.3 Å². The molecule has 3 amide bonds. The summed E-state index contributed by atoms with van der Waals surface area (Å²) in [6.45, 7) is 6.24. The van der Waals surface area contributed by atoms with Gasteiger partial charge in [0.25, 0.3) is 0 Å². The number of rotatable bonds is 11. The molecular weight excluding hydrogens is 452 g/mol. The molecule has 0 radical (unpaired) electrons. The summed E-state index contributed by atoms with van der Waals surface area (Å²) in [5, 5.41) is 0. The van der Waals surface area contributed by atoms with Gasteiger partial charge in [-0.2, -0.15) is 0 Å². The second-order valence-electron chi connectivity index (χ2n) is 9.67. The Kier molecular flexibility index (Phi) is 9.56. The number of benzene rings is 2. The van der Waals surface area contributed by atoms with Crippen molar-refractivity contribution >= 4 is 11.9 Å². The van der Waals surface area contributed by atoms with E-state index >= 15 is 0 Å². The number of methoxy groups -OCH3 is 1. The number of hydrogen-bond donors (Lipinski definition) is 0. The average molecular weight is 491 g/mol. The van der Waals surface area contributed by atoms with Crippen LogP contribution in [0, 0.1) is 5.92 Å². The Hall–Kier alpha value is -3.74. The molecule has 0 aliphatic carbocycles. The lowest BCUT2D eigenvalue weighted by molar-refractivity contribution is -0.133. The molecule has 0 bridgehead atoms. The zero-order valence-corrected chi connectivity index (χ0v) is 22.1. The maximum absolute atomic E-state index is 13.6. The minimum atomic E-state index is -0.155. The van der Waals surface area contributed by atoms with Crippen molar-refractivity contribution in [1.29, 1.82) is 0 Å². The van der Waals surface area contributed by atoms with Crippen molar-refractivity contribution in [2.45, 2.75) is 33.5 Å². The van der Waals surface area contributed by atoms with E-state index in [9.17, 15) is 9.59 Å². The number of carbonyl (C=O) groups excluding carboxylic acids is 2. The second kappa shape index (κ2) is 12.8. The molecule has 0 aliphatic rings. The van der Waals surface area contributed by atoms with Gasteiger partial charge in [-0.05, 0) is 41.3 Å². The van der Waals surface area contributed by atoms with Crippen LogP contribution < -0.4 is 4.74 Å². The number of ether oxygens (including phenoxy) is 1. The highest BCUT2D eigenvalue weighted by Crippen LogP contribution is 2.17. The normalized spacial score (nSPS) is 10.8. The van der Waals surface area contributed by atoms with Crippen LogP contribution in [0.4, 0.5) is 4.79 Å². The first-order valence-corrected chi connectivity index (χ1v) is 12.3. The van der Waals surface area contributed by atoms with Crippen LogP contribution in [0.2, 0.25) is 0 Å². The maximum atomic E-state index is 13.6. The molecule has 2 aromatic carbocycles. The maximum Gasteiger partial charge on any atom is 0.319 e. The van der Waals surface area contributed by atoms with Crippen molar-refractivity contribution in [2.75, 3.05) is 34.3 Å². The van der Waals surface area contributed by atoms with Gasteiger partial charge in [0.1, 0.15) is 12.3 Å². The molecule has 3 aromatic rings. The fourth-order valence-corrected chi connectivity index (χ4v) is 4.14. The van der Waals surface area contributed by atoms with Crippen LogP contribution in [-0.4, -0.2) is 65.5 Å². The third-order valence-corrected chi connectivity index (χ3v) is 5.90. The summed E-state index contributed by atoms with van der Waals surface area (Å²) in [6, 6.07) is 21.8. The summed E-state index contributed by atoms with van der Waals surface area (Å²) in [6.07, 6.45) is 2.03. The van der Waals surface area contributed by atoms with E-state index in [4.69, 9.17) is 4.74 Å². The molecule has 7 heteroatoms. The van der Waals surface area contributed by atoms with Crippen molar-refractivity contribution < 1.29 is 14.3 Å². The van der Waals surface area contributed by atoms with E-state index in [-0.39, 0.29) is 24.4 Å². The topological polar surface area (TPSA) is 58.0 Å². The van der Waals surface area contributed by atoms with Gasteiger partial charge in [0.15, 0.2) is 0 Å². The van der Waals surface area contributed by atoms with Gasteiger partial charge >= 0.3 is 6.03 Å². The molecular formula is C29H38N4O3. The van der Waals surface area contributed by atoms with Crippen LogP contribution in [0.1, 0.15) is 30.7 Å². The number of hydrogen-bond acceptors (Lipinski definition) is 3. The van der Waals surface area contributed by atoms with E-state index in [2.05, 4.69) is 10.6 Å². The van der Waals surface area contributed by atoms with Crippen LogP contribution in [0.15, 0.2) is 72.9 Å². The number of carbonyl (C=O) groups is 2. The SMILES string of the molecule is COc1cccc(Cn2cccc2CN(Cc2ccccc2)C(=O)CN(CC(C)C)C(=O)N(C)C)c1. The largest absolute Gasteiger partial charge is 0.497 e. The lowest BCUT2D eigenvalue weighted by Gasteiger charge is -2.30. The van der Waals surface area contributed by atoms with Crippen LogP contribution in [0.3, 0.4) is 0 Å². The highest BCUT2D eigenvalue weighted by molar-refractivity contribution is 5.84. The fraction of sp³-hybridized carbons (Fsp3) is 0.379. The Morgan fingerprint density at radius 3 is 2.28 bits per heavy atom. The van der Waals surface area contributed by atoms with E-state index < -0.39 is 0 Å². The van der Waals surface area contributed by atoms with Crippen molar-refractivity contribution in [3.8, 4) is 5.75 Å². The summed E-state index contributed by atoms with van der Waals surface area (Å²) in [7, 11) is 5.09. The molecule has 36 heavy (non-hydrogen) atoms. The molecule has 0 aliphatic heterocycles. The fourth-order valence-electron chi connectivity index (χ4n) is 4.14. The van der Waals surface area contributed by atoms with Gasteiger partial charge in [0.05, 0.1) is 13.7 Å². The van der Waals surface area contributed by atoms with Crippen LogP contribution in [-0.2, 0) is 24.4 Å². The quantitative estimate of drug-likeness (QED) is 0.391. The first-order valence-electron chi connectivity index (χ1n) is 12.3. The Balaban J connectivity index is 1.83. The minimum Gasteiger partial charge on any atom is -0.497 e. The highest BCUT2D eigenvalue weighted by atomic mass is 16.5. The Bertz CT molecular complexity index is 1120. The highest BCUT2D eigenvalue weighted by Gasteiger charge is 2.24. The molecule has 0 N–H and O–H groups in total. The van der Waals surface area contributed by atoms with Crippen molar-refractivity contribution in [3.05, 3.63) is 89.7 Å². The van der Waals surface area contributed by atoms with E-state index in [1.165, 1.54) is 4.90 Å². The standard InChI is InChI=1S/C29H38N4O3/c1-23(2)18-33(29(35)30(3)4)22-28(34)32(19-24-11-7-6-8-12-24)21-26-14-10-16-31(26)20-25-13-9-15-27(17-25)36-5/h6-17,23H,18-22H2,1-5H3. The molecule has 1 aromatic heterocycles. The summed E-state index contributed by atoms with van der Waals surface area (Å²) in [5.74, 6) is 0.992. The molecule has 7 nitrogen and oxygen atoms in total. The van der Waals surface area contributed by atoms with Crippen LogP contribution in [0.25, 0.3) is 0 Å². The molecule has 192 valence electrons. The summed E-state index contributed by atoms with van der Waals surface area (Å²) >= 11 is 0.